The third kappa shape index (κ3) is 3.37. The first kappa shape index (κ1) is 12.8. The molecule has 0 saturated heterocycles. The van der Waals surface area contributed by atoms with Crippen molar-refractivity contribution in [2.24, 2.45) is 5.92 Å². The molecule has 0 unspecified atom stereocenters. The first-order chi connectivity index (χ1) is 7.54. The van der Waals surface area contributed by atoms with Gasteiger partial charge in [-0.2, -0.15) is 0 Å². The summed E-state index contributed by atoms with van der Waals surface area (Å²) in [6.07, 6.45) is 0. The van der Waals surface area contributed by atoms with Gasteiger partial charge in [0.1, 0.15) is 0 Å². The Morgan fingerprint density at radius 2 is 2.25 bits per heavy atom. The van der Waals surface area contributed by atoms with Crippen molar-refractivity contribution in [3.05, 3.63) is 12.1 Å². The van der Waals surface area contributed by atoms with Crippen molar-refractivity contribution < 1.29 is 8.95 Å². The van der Waals surface area contributed by atoms with Gasteiger partial charge in [-0.3, -0.25) is 0 Å². The van der Waals surface area contributed by atoms with E-state index in [0.717, 1.165) is 12.2 Å². The fraction of sp³-hybridized carbons (Fsp3) is 0.500. The Labute approximate surface area is 97.2 Å². The Bertz CT molecular complexity index is 422. The highest BCUT2D eigenvalue weighted by Crippen LogP contribution is 2.22. The van der Waals surface area contributed by atoms with Crippen LogP contribution in [0.15, 0.2) is 17.2 Å². The molecule has 0 aliphatic rings. The van der Waals surface area contributed by atoms with Crippen LogP contribution in [-0.4, -0.2) is 18.6 Å². The van der Waals surface area contributed by atoms with Gasteiger partial charge >= 0.3 is 0 Å². The van der Waals surface area contributed by atoms with Crippen molar-refractivity contribution >= 4 is 16.3 Å². The van der Waals surface area contributed by atoms with E-state index in [0.29, 0.717) is 11.8 Å². The molecular formula is C10H16N3O2S-. The topological polar surface area (TPSA) is 75.1 Å². The zero-order chi connectivity index (χ0) is 12.1. The second-order valence-corrected chi connectivity index (χ2v) is 4.71. The smallest absolute Gasteiger partial charge is 0.235 e. The molecule has 0 amide bonds. The summed E-state index contributed by atoms with van der Waals surface area (Å²) in [5.74, 6) is 0.883. The molecule has 1 heterocycles. The van der Waals surface area contributed by atoms with Gasteiger partial charge in [-0.25, -0.2) is 4.98 Å². The number of aromatic nitrogens is 1. The fourth-order valence-corrected chi connectivity index (χ4v) is 1.49. The van der Waals surface area contributed by atoms with Gasteiger partial charge in [0.15, 0.2) is 0 Å². The van der Waals surface area contributed by atoms with Crippen molar-refractivity contribution in [3.8, 4) is 5.88 Å². The molecule has 0 spiro atoms. The van der Waals surface area contributed by atoms with E-state index in [1.165, 1.54) is 7.11 Å². The molecule has 0 atom stereocenters. The summed E-state index contributed by atoms with van der Waals surface area (Å²) in [5, 5.41) is 3.38. The molecule has 0 saturated carbocycles. The highest BCUT2D eigenvalue weighted by Gasteiger charge is 2.04. The van der Waals surface area contributed by atoms with Gasteiger partial charge in [-0.15, -0.1) is 10.6 Å². The van der Waals surface area contributed by atoms with Crippen LogP contribution in [0.25, 0.3) is 0 Å². The Balaban J connectivity index is 2.93. The predicted molar refractivity (Wildman–Crippen MR) is 63.2 cm³/mol. The van der Waals surface area contributed by atoms with Gasteiger partial charge in [0.2, 0.25) is 5.88 Å². The summed E-state index contributed by atoms with van der Waals surface area (Å²) in [4.78, 5) is 4.00. The van der Waals surface area contributed by atoms with Crippen molar-refractivity contribution in [3.63, 3.8) is 0 Å². The maximum atomic E-state index is 10.9. The lowest BCUT2D eigenvalue weighted by atomic mass is 10.2. The predicted octanol–water partition coefficient (Wildman–Crippen LogP) is 2.24. The van der Waals surface area contributed by atoms with Gasteiger partial charge in [0.25, 0.3) is 0 Å². The fourth-order valence-electron chi connectivity index (χ4n) is 1.13. The third-order valence-electron chi connectivity index (χ3n) is 1.92. The van der Waals surface area contributed by atoms with E-state index in [2.05, 4.69) is 24.1 Å². The molecule has 2 N–H and O–H groups in total. The van der Waals surface area contributed by atoms with Crippen LogP contribution in [-0.2, 0) is 14.8 Å². The molecule has 1 rings (SSSR count). The second kappa shape index (κ2) is 5.69. The molecule has 1 aromatic rings. The number of hydrogen-bond acceptors (Lipinski definition) is 6. The van der Waals surface area contributed by atoms with E-state index in [9.17, 15) is 4.21 Å². The minimum atomic E-state index is -1.83. The minimum absolute atomic E-state index is 0.201. The van der Waals surface area contributed by atoms with E-state index >= 15 is 0 Å². The molecule has 90 valence electrons. The Morgan fingerprint density at radius 3 is 2.75 bits per heavy atom. The van der Waals surface area contributed by atoms with Gasteiger partial charge in [-0.05, 0) is 17.0 Å². The molecule has 16 heavy (non-hydrogen) atoms. The Hall–Kier alpha value is -1.30. The van der Waals surface area contributed by atoms with Crippen LogP contribution < -0.4 is 10.1 Å². The number of nitrogens with zero attached hydrogens (tertiary/aromatic N) is 1. The molecular weight excluding hydrogens is 226 g/mol. The van der Waals surface area contributed by atoms with Crippen molar-refractivity contribution in [2.45, 2.75) is 18.9 Å². The third-order valence-corrected chi connectivity index (χ3v) is 2.53. The molecule has 1 aromatic heterocycles. The van der Waals surface area contributed by atoms with Crippen LogP contribution in [0.5, 0.6) is 5.88 Å². The number of hydrogen-bond donors (Lipinski definition) is 2. The second-order valence-electron chi connectivity index (χ2n) is 3.75. The summed E-state index contributed by atoms with van der Waals surface area (Å²) in [6, 6.07) is 3.30. The maximum Gasteiger partial charge on any atom is 0.235 e. The Morgan fingerprint density at radius 1 is 1.56 bits per heavy atom. The average molecular weight is 242 g/mol. The first-order valence-electron chi connectivity index (χ1n) is 4.96. The summed E-state index contributed by atoms with van der Waals surface area (Å²) in [5.41, 5.74) is 0.755. The quantitative estimate of drug-likeness (QED) is 0.776. The normalized spacial score (nSPS) is 10.8. The molecule has 0 fully saturated rings. The highest BCUT2D eigenvalue weighted by molar-refractivity contribution is 7.73. The Kier molecular flexibility index (Phi) is 4.54. The van der Waals surface area contributed by atoms with E-state index in [1.54, 1.807) is 12.1 Å². The number of anilines is 1. The lowest BCUT2D eigenvalue weighted by molar-refractivity contribution is 0.396. The van der Waals surface area contributed by atoms with Crippen LogP contribution in [0.4, 0.5) is 5.69 Å². The SMILES string of the molecule is COc1nc([S-](=N)=O)ccc1NCC(C)C. The first-order valence-corrected chi connectivity index (χ1v) is 6.11. The van der Waals surface area contributed by atoms with Gasteiger partial charge in [0, 0.05) is 6.54 Å². The zero-order valence-corrected chi connectivity index (χ0v) is 10.4. The standard InChI is InChI=1S/C10H16N3O2S/c1-7(2)6-12-8-4-5-9(16(11)14)13-10(8)15-3/h4-5,7,11-12H,6H2,1-3H3/q-1. The lowest BCUT2D eigenvalue weighted by Crippen LogP contribution is -2.09. The van der Waals surface area contributed by atoms with Crippen LogP contribution in [0, 0.1) is 10.7 Å². The number of pyridine rings is 1. The summed E-state index contributed by atoms with van der Waals surface area (Å²) < 4.78 is 23.1. The molecule has 6 heteroatoms. The van der Waals surface area contributed by atoms with Gasteiger partial charge in [0.05, 0.1) is 12.8 Å². The van der Waals surface area contributed by atoms with Crippen molar-refractivity contribution in [2.75, 3.05) is 19.0 Å². The zero-order valence-electron chi connectivity index (χ0n) is 9.61. The van der Waals surface area contributed by atoms with E-state index in [4.69, 9.17) is 9.52 Å². The average Bonchev–Trinajstić information content (AvgIpc) is 2.25. The van der Waals surface area contributed by atoms with E-state index in [-0.39, 0.29) is 5.03 Å². The number of methoxy groups -OCH3 is 1. The molecule has 0 aliphatic carbocycles. The number of rotatable bonds is 5. The molecule has 0 bridgehead atoms. The van der Waals surface area contributed by atoms with E-state index < -0.39 is 10.6 Å². The molecule has 5 nitrogen and oxygen atoms in total. The largest absolute Gasteiger partial charge is 0.480 e. The maximum absolute atomic E-state index is 10.9. The van der Waals surface area contributed by atoms with Gasteiger partial charge < -0.3 is 19.0 Å². The molecule has 0 aliphatic heterocycles. The van der Waals surface area contributed by atoms with E-state index in [1.807, 2.05) is 0 Å². The summed E-state index contributed by atoms with van der Waals surface area (Å²) in [6.45, 7) is 5.00. The van der Waals surface area contributed by atoms with Crippen LogP contribution in [0.1, 0.15) is 13.8 Å². The minimum Gasteiger partial charge on any atom is -0.480 e. The summed E-state index contributed by atoms with van der Waals surface area (Å²) >= 11 is 0. The number of nitrogens with one attached hydrogen (secondary N) is 2. The van der Waals surface area contributed by atoms with Crippen molar-refractivity contribution in [1.29, 1.82) is 4.78 Å². The molecule has 0 aromatic carbocycles. The number of ether oxygens (including phenoxy) is 1. The highest BCUT2D eigenvalue weighted by atomic mass is 32.2. The van der Waals surface area contributed by atoms with Crippen molar-refractivity contribution in [1.82, 2.24) is 4.98 Å². The molecule has 0 radical (unpaired) electrons. The summed E-state index contributed by atoms with van der Waals surface area (Å²) in [7, 11) is -0.331. The van der Waals surface area contributed by atoms with Crippen LogP contribution in [0.3, 0.4) is 0 Å². The lowest BCUT2D eigenvalue weighted by Gasteiger charge is -2.13. The van der Waals surface area contributed by atoms with Crippen LogP contribution >= 0.6 is 0 Å². The monoisotopic (exact) mass is 242 g/mol. The van der Waals surface area contributed by atoms with Crippen LogP contribution in [0.2, 0.25) is 0 Å². The van der Waals surface area contributed by atoms with Gasteiger partial charge in [-0.1, -0.05) is 19.9 Å².